The minimum atomic E-state index is -0.429. The van der Waals surface area contributed by atoms with Gasteiger partial charge in [0, 0.05) is 31.7 Å². The predicted octanol–water partition coefficient (Wildman–Crippen LogP) is 1.42. The Bertz CT molecular complexity index is 897. The zero-order chi connectivity index (χ0) is 24.2. The van der Waals surface area contributed by atoms with Crippen LogP contribution in [-0.2, 0) is 25.7 Å². The second-order valence-corrected chi connectivity index (χ2v) is 9.27. The number of carboxylic acid groups (broad SMARTS) is 1. The van der Waals surface area contributed by atoms with Gasteiger partial charge in [-0.1, -0.05) is 0 Å². The molecule has 182 valence electrons. The Morgan fingerprint density at radius 2 is 1.79 bits per heavy atom. The van der Waals surface area contributed by atoms with Gasteiger partial charge in [-0.15, -0.1) is 0 Å². The Balaban J connectivity index is 0.000000968. The van der Waals surface area contributed by atoms with Gasteiger partial charge in [0.15, 0.2) is 5.78 Å². The molecule has 33 heavy (non-hydrogen) atoms. The van der Waals surface area contributed by atoms with Crippen LogP contribution in [0.1, 0.15) is 60.8 Å². The molecular weight excluding hydrogens is 428 g/mol. The second kappa shape index (κ2) is 10.5. The quantitative estimate of drug-likeness (QED) is 0.396. The number of ketones is 1. The number of Topliss-reactive ketones (excluding diaryl/α,β-unsaturated/α-hetero) is 1. The number of cyclic esters (lactones) is 1. The van der Waals surface area contributed by atoms with Crippen molar-refractivity contribution < 1.29 is 29.0 Å². The van der Waals surface area contributed by atoms with E-state index in [9.17, 15) is 14.4 Å². The molecule has 1 amide bonds. The number of hydrogen-bond donors (Lipinski definition) is 1. The van der Waals surface area contributed by atoms with Crippen LogP contribution in [0.15, 0.2) is 0 Å². The highest BCUT2D eigenvalue weighted by Gasteiger charge is 2.51. The molecule has 1 aromatic heterocycles. The van der Waals surface area contributed by atoms with Crippen molar-refractivity contribution in [3.8, 4) is 0 Å². The highest BCUT2D eigenvalue weighted by molar-refractivity contribution is 5.96. The van der Waals surface area contributed by atoms with Gasteiger partial charge in [0.2, 0.25) is 5.91 Å². The number of aromatic nitrogens is 2. The van der Waals surface area contributed by atoms with Gasteiger partial charge in [-0.2, -0.15) is 5.10 Å². The first-order chi connectivity index (χ1) is 15.7. The van der Waals surface area contributed by atoms with E-state index >= 15 is 0 Å². The van der Waals surface area contributed by atoms with E-state index in [4.69, 9.17) is 14.6 Å². The van der Waals surface area contributed by atoms with Gasteiger partial charge in [0.05, 0.1) is 16.7 Å². The van der Waals surface area contributed by atoms with Crippen LogP contribution in [0, 0.1) is 19.3 Å². The average molecular weight is 463 g/mol. The van der Waals surface area contributed by atoms with E-state index in [1.165, 1.54) is 19.8 Å². The normalized spacial score (nSPS) is 22.1. The molecule has 1 atom stereocenters. The fraction of sp³-hybridized carbons (Fsp3) is 0.696. The molecule has 3 fully saturated rings. The molecule has 0 radical (unpaired) electrons. The standard InChI is InChI=1S/C22H32N4O4.CH2O2/c1-15-20(17(3)27)16(2)26(23-15)14-19(28)25-10-6-22(7-11-25)12-18(30-21(22)29)13-24-8-4-5-9-24;2-1-3/h18H,4-14H2,1-3H3;1H,(H,2,3). The zero-order valence-corrected chi connectivity index (χ0v) is 19.7. The molecule has 0 saturated carbocycles. The van der Waals surface area contributed by atoms with Gasteiger partial charge in [-0.3, -0.25) is 28.8 Å². The summed E-state index contributed by atoms with van der Waals surface area (Å²) in [5.74, 6) is -0.138. The summed E-state index contributed by atoms with van der Waals surface area (Å²) < 4.78 is 7.35. The number of nitrogens with zero attached hydrogens (tertiary/aromatic N) is 4. The van der Waals surface area contributed by atoms with Crippen molar-refractivity contribution in [3.05, 3.63) is 17.0 Å². The van der Waals surface area contributed by atoms with E-state index in [0.717, 1.165) is 31.7 Å². The molecule has 0 aliphatic carbocycles. The molecule has 3 aliphatic heterocycles. The van der Waals surface area contributed by atoms with Crippen molar-refractivity contribution in [1.29, 1.82) is 0 Å². The Hall–Kier alpha value is -2.75. The van der Waals surface area contributed by atoms with Crippen molar-refractivity contribution in [2.45, 2.75) is 65.5 Å². The lowest BCUT2D eigenvalue weighted by Gasteiger charge is -2.36. The van der Waals surface area contributed by atoms with Gasteiger partial charge in [-0.25, -0.2) is 0 Å². The molecule has 4 rings (SSSR count). The highest BCUT2D eigenvalue weighted by atomic mass is 16.6. The van der Waals surface area contributed by atoms with Crippen LogP contribution in [-0.4, -0.2) is 87.6 Å². The van der Waals surface area contributed by atoms with Crippen molar-refractivity contribution in [2.24, 2.45) is 5.41 Å². The summed E-state index contributed by atoms with van der Waals surface area (Å²) in [6.07, 6.45) is 4.52. The van der Waals surface area contributed by atoms with E-state index in [-0.39, 0.29) is 36.8 Å². The molecule has 1 spiro atoms. The third-order valence-corrected chi connectivity index (χ3v) is 7.08. The molecule has 1 N–H and O–H groups in total. The topological polar surface area (TPSA) is 122 Å². The lowest BCUT2D eigenvalue weighted by atomic mass is 9.76. The van der Waals surface area contributed by atoms with Crippen LogP contribution >= 0.6 is 0 Å². The molecule has 10 nitrogen and oxygen atoms in total. The molecule has 10 heteroatoms. The third-order valence-electron chi connectivity index (χ3n) is 7.08. The summed E-state index contributed by atoms with van der Waals surface area (Å²) in [5, 5.41) is 11.3. The number of likely N-dealkylation sites (tertiary alicyclic amines) is 2. The summed E-state index contributed by atoms with van der Waals surface area (Å²) in [6, 6.07) is 0. The summed E-state index contributed by atoms with van der Waals surface area (Å²) >= 11 is 0. The van der Waals surface area contributed by atoms with Crippen LogP contribution in [0.4, 0.5) is 0 Å². The summed E-state index contributed by atoms with van der Waals surface area (Å²) in [6.45, 7) is 9.16. The SMILES string of the molecule is CC(=O)c1c(C)nn(CC(=O)N2CCC3(CC2)CC(CN2CCCC2)OC3=O)c1C.O=CO. The van der Waals surface area contributed by atoms with E-state index < -0.39 is 5.41 Å². The fourth-order valence-electron chi connectivity index (χ4n) is 5.37. The number of hydrogen-bond acceptors (Lipinski definition) is 7. The van der Waals surface area contributed by atoms with Crippen molar-refractivity contribution in [2.75, 3.05) is 32.7 Å². The highest BCUT2D eigenvalue weighted by Crippen LogP contribution is 2.43. The average Bonchev–Trinajstić information content (AvgIpc) is 3.43. The fourth-order valence-corrected chi connectivity index (χ4v) is 5.37. The summed E-state index contributed by atoms with van der Waals surface area (Å²) in [7, 11) is 0. The van der Waals surface area contributed by atoms with Crippen LogP contribution < -0.4 is 0 Å². The molecule has 4 heterocycles. The number of amides is 1. The minimum Gasteiger partial charge on any atom is -0.483 e. The summed E-state index contributed by atoms with van der Waals surface area (Å²) in [4.78, 5) is 49.9. The van der Waals surface area contributed by atoms with Crippen LogP contribution in [0.3, 0.4) is 0 Å². The third kappa shape index (κ3) is 5.43. The number of carbonyl (C=O) groups excluding carboxylic acids is 3. The molecule has 3 saturated heterocycles. The number of aryl methyl sites for hydroxylation is 1. The maximum atomic E-state index is 12.8. The number of ether oxygens (including phenoxy) is 1. The maximum absolute atomic E-state index is 12.8. The van der Waals surface area contributed by atoms with E-state index in [1.54, 1.807) is 11.6 Å². The minimum absolute atomic E-state index is 0.0162. The van der Waals surface area contributed by atoms with E-state index in [0.29, 0.717) is 37.2 Å². The Kier molecular flexibility index (Phi) is 7.88. The Labute approximate surface area is 193 Å². The van der Waals surface area contributed by atoms with Crippen molar-refractivity contribution >= 4 is 24.1 Å². The summed E-state index contributed by atoms with van der Waals surface area (Å²) in [5.41, 5.74) is 1.55. The van der Waals surface area contributed by atoms with Gasteiger partial charge in [0.1, 0.15) is 12.6 Å². The molecular formula is C23H34N4O6. The monoisotopic (exact) mass is 462 g/mol. The molecule has 0 aromatic carbocycles. The first-order valence-corrected chi connectivity index (χ1v) is 11.5. The first-order valence-electron chi connectivity index (χ1n) is 11.5. The van der Waals surface area contributed by atoms with E-state index in [2.05, 4.69) is 10.00 Å². The van der Waals surface area contributed by atoms with E-state index in [1.807, 2.05) is 11.8 Å². The maximum Gasteiger partial charge on any atom is 0.312 e. The molecule has 3 aliphatic rings. The van der Waals surface area contributed by atoms with Gasteiger partial charge >= 0.3 is 5.97 Å². The van der Waals surface area contributed by atoms with Crippen molar-refractivity contribution in [3.63, 3.8) is 0 Å². The Morgan fingerprint density at radius 1 is 1.18 bits per heavy atom. The number of piperidine rings is 1. The molecule has 0 bridgehead atoms. The lowest BCUT2D eigenvalue weighted by Crippen LogP contribution is -2.46. The molecule has 1 aromatic rings. The van der Waals surface area contributed by atoms with Crippen LogP contribution in [0.25, 0.3) is 0 Å². The first kappa shape index (κ1) is 24.9. The van der Waals surface area contributed by atoms with Gasteiger partial charge < -0.3 is 14.7 Å². The van der Waals surface area contributed by atoms with Crippen LogP contribution in [0.2, 0.25) is 0 Å². The van der Waals surface area contributed by atoms with Gasteiger partial charge in [0.25, 0.3) is 6.47 Å². The zero-order valence-electron chi connectivity index (χ0n) is 19.7. The second-order valence-electron chi connectivity index (χ2n) is 9.27. The number of carbonyl (C=O) groups is 4. The van der Waals surface area contributed by atoms with Crippen molar-refractivity contribution in [1.82, 2.24) is 19.6 Å². The van der Waals surface area contributed by atoms with Gasteiger partial charge in [-0.05, 0) is 59.5 Å². The largest absolute Gasteiger partial charge is 0.483 e. The number of rotatable bonds is 5. The Morgan fingerprint density at radius 3 is 2.33 bits per heavy atom. The smallest absolute Gasteiger partial charge is 0.312 e. The lowest BCUT2D eigenvalue weighted by molar-refractivity contribution is -0.153. The number of esters is 1. The predicted molar refractivity (Wildman–Crippen MR) is 119 cm³/mol. The van der Waals surface area contributed by atoms with Crippen LogP contribution in [0.5, 0.6) is 0 Å². The molecule has 1 unspecified atom stereocenters.